The van der Waals surface area contributed by atoms with Gasteiger partial charge in [0.25, 0.3) is 5.56 Å². The average molecular weight is 319 g/mol. The molecule has 1 heterocycles. The van der Waals surface area contributed by atoms with Crippen LogP contribution in [-0.2, 0) is 0 Å². The molecule has 19 heavy (non-hydrogen) atoms. The van der Waals surface area contributed by atoms with Crippen LogP contribution < -0.4 is 5.56 Å². The SMILES string of the molecule is O=C(O)c1cc[nH]c(=O)c1-c1ccc(Cl)c(Cl)c1Cl. The third-order valence-electron chi connectivity index (χ3n) is 2.50. The Labute approximate surface area is 122 Å². The van der Waals surface area contributed by atoms with Gasteiger partial charge in [-0.3, -0.25) is 4.79 Å². The van der Waals surface area contributed by atoms with E-state index in [1.807, 2.05) is 0 Å². The molecule has 0 bridgehead atoms. The number of carbonyl (C=O) groups is 1. The number of halogens is 3. The van der Waals surface area contributed by atoms with Crippen molar-refractivity contribution in [2.24, 2.45) is 0 Å². The number of aromatic nitrogens is 1. The Morgan fingerprint density at radius 2 is 1.79 bits per heavy atom. The van der Waals surface area contributed by atoms with Crippen molar-refractivity contribution in [1.29, 1.82) is 0 Å². The van der Waals surface area contributed by atoms with Crippen molar-refractivity contribution in [2.45, 2.75) is 0 Å². The van der Waals surface area contributed by atoms with Crippen LogP contribution in [0.5, 0.6) is 0 Å². The van der Waals surface area contributed by atoms with Gasteiger partial charge in [-0.05, 0) is 12.1 Å². The Balaban J connectivity index is 2.83. The highest BCUT2D eigenvalue weighted by Crippen LogP contribution is 2.37. The summed E-state index contributed by atoms with van der Waals surface area (Å²) in [6, 6.07) is 4.18. The molecule has 1 aromatic heterocycles. The van der Waals surface area contributed by atoms with Crippen LogP contribution in [0.3, 0.4) is 0 Å². The minimum absolute atomic E-state index is 0.0355. The first-order valence-corrected chi connectivity index (χ1v) is 6.15. The number of hydrogen-bond donors (Lipinski definition) is 2. The lowest BCUT2D eigenvalue weighted by Gasteiger charge is -2.09. The summed E-state index contributed by atoms with van der Waals surface area (Å²) < 4.78 is 0. The molecule has 1 aromatic carbocycles. The van der Waals surface area contributed by atoms with Gasteiger partial charge in [0.2, 0.25) is 0 Å². The molecule has 0 saturated heterocycles. The molecule has 0 radical (unpaired) electrons. The summed E-state index contributed by atoms with van der Waals surface area (Å²) in [5.41, 5.74) is -0.571. The van der Waals surface area contributed by atoms with Crippen LogP contribution in [0.2, 0.25) is 15.1 Å². The molecule has 2 N–H and O–H groups in total. The molecule has 0 unspecified atom stereocenters. The molecule has 2 rings (SSSR count). The van der Waals surface area contributed by atoms with Gasteiger partial charge in [0.15, 0.2) is 0 Å². The molecular formula is C12H6Cl3NO3. The lowest BCUT2D eigenvalue weighted by molar-refractivity contribution is 0.0697. The minimum Gasteiger partial charge on any atom is -0.478 e. The normalized spacial score (nSPS) is 10.5. The van der Waals surface area contributed by atoms with E-state index in [9.17, 15) is 9.59 Å². The first kappa shape index (κ1) is 13.9. The summed E-state index contributed by atoms with van der Waals surface area (Å²) in [4.78, 5) is 25.4. The Morgan fingerprint density at radius 1 is 1.11 bits per heavy atom. The van der Waals surface area contributed by atoms with E-state index in [-0.39, 0.29) is 31.8 Å². The van der Waals surface area contributed by atoms with Gasteiger partial charge in [-0.2, -0.15) is 0 Å². The molecule has 0 amide bonds. The highest BCUT2D eigenvalue weighted by Gasteiger charge is 2.19. The first-order chi connectivity index (χ1) is 8.93. The summed E-state index contributed by atoms with van der Waals surface area (Å²) in [6.45, 7) is 0. The first-order valence-electron chi connectivity index (χ1n) is 5.02. The second kappa shape index (κ2) is 5.25. The van der Waals surface area contributed by atoms with E-state index in [1.54, 1.807) is 0 Å². The summed E-state index contributed by atoms with van der Waals surface area (Å²) in [6.07, 6.45) is 1.25. The third kappa shape index (κ3) is 2.47. The highest BCUT2D eigenvalue weighted by atomic mass is 35.5. The summed E-state index contributed by atoms with van der Waals surface area (Å²) in [5.74, 6) is -1.23. The van der Waals surface area contributed by atoms with E-state index >= 15 is 0 Å². The molecule has 0 fully saturated rings. The van der Waals surface area contributed by atoms with E-state index in [0.29, 0.717) is 0 Å². The molecule has 0 spiro atoms. The van der Waals surface area contributed by atoms with Gasteiger partial charge in [-0.15, -0.1) is 0 Å². The van der Waals surface area contributed by atoms with Crippen molar-refractivity contribution in [1.82, 2.24) is 4.98 Å². The fourth-order valence-corrected chi connectivity index (χ4v) is 2.27. The van der Waals surface area contributed by atoms with Crippen LogP contribution >= 0.6 is 34.8 Å². The van der Waals surface area contributed by atoms with E-state index in [0.717, 1.165) is 0 Å². The number of aromatic amines is 1. The van der Waals surface area contributed by atoms with Gasteiger partial charge in [0, 0.05) is 11.8 Å². The van der Waals surface area contributed by atoms with Gasteiger partial charge in [-0.25, -0.2) is 4.79 Å². The van der Waals surface area contributed by atoms with Crippen LogP contribution in [0.4, 0.5) is 0 Å². The second-order valence-corrected chi connectivity index (χ2v) is 4.79. The summed E-state index contributed by atoms with van der Waals surface area (Å²) in [5, 5.41) is 9.44. The second-order valence-electron chi connectivity index (χ2n) is 3.62. The number of rotatable bonds is 2. The monoisotopic (exact) mass is 317 g/mol. The van der Waals surface area contributed by atoms with Crippen molar-refractivity contribution in [3.05, 3.63) is 55.4 Å². The molecule has 0 aliphatic rings. The fraction of sp³-hybridized carbons (Fsp3) is 0. The third-order valence-corrected chi connectivity index (χ3v) is 3.79. The number of benzene rings is 1. The maximum Gasteiger partial charge on any atom is 0.336 e. The van der Waals surface area contributed by atoms with Crippen molar-refractivity contribution in [3.8, 4) is 11.1 Å². The van der Waals surface area contributed by atoms with Crippen LogP contribution in [0, 0.1) is 0 Å². The minimum atomic E-state index is -1.23. The number of hydrogen-bond acceptors (Lipinski definition) is 2. The maximum absolute atomic E-state index is 11.8. The fourth-order valence-electron chi connectivity index (χ4n) is 1.64. The van der Waals surface area contributed by atoms with Crippen molar-refractivity contribution in [3.63, 3.8) is 0 Å². The van der Waals surface area contributed by atoms with Gasteiger partial charge in [0.05, 0.1) is 26.2 Å². The predicted octanol–water partition coefficient (Wildman–Crippen LogP) is 3.70. The van der Waals surface area contributed by atoms with Crippen LogP contribution in [0.25, 0.3) is 11.1 Å². The Kier molecular flexibility index (Phi) is 3.85. The van der Waals surface area contributed by atoms with Gasteiger partial charge < -0.3 is 10.1 Å². The lowest BCUT2D eigenvalue weighted by atomic mass is 10.0. The van der Waals surface area contributed by atoms with E-state index in [1.165, 1.54) is 24.4 Å². The van der Waals surface area contributed by atoms with Crippen LogP contribution in [0.15, 0.2) is 29.2 Å². The quantitative estimate of drug-likeness (QED) is 0.829. The van der Waals surface area contributed by atoms with Gasteiger partial charge in [0.1, 0.15) is 0 Å². The largest absolute Gasteiger partial charge is 0.478 e. The molecule has 7 heteroatoms. The number of pyridine rings is 1. The van der Waals surface area contributed by atoms with Crippen molar-refractivity contribution >= 4 is 40.8 Å². The zero-order valence-electron chi connectivity index (χ0n) is 9.21. The molecule has 2 aromatic rings. The molecular weight excluding hydrogens is 312 g/mol. The van der Waals surface area contributed by atoms with E-state index in [4.69, 9.17) is 39.9 Å². The van der Waals surface area contributed by atoms with Gasteiger partial charge in [-0.1, -0.05) is 40.9 Å². The number of carboxylic acids is 1. The summed E-state index contributed by atoms with van der Waals surface area (Å²) in [7, 11) is 0. The van der Waals surface area contributed by atoms with Crippen molar-refractivity contribution < 1.29 is 9.90 Å². The standard InChI is InChI=1S/C12H6Cl3NO3/c13-7-2-1-5(9(14)10(7)15)8-6(12(18)19)3-4-16-11(8)17/h1-4H,(H,16,17)(H,18,19). The van der Waals surface area contributed by atoms with Crippen molar-refractivity contribution in [2.75, 3.05) is 0 Å². The number of H-pyrrole nitrogens is 1. The number of carboxylic acid groups (broad SMARTS) is 1. The average Bonchev–Trinajstić information content (AvgIpc) is 2.37. The molecule has 98 valence electrons. The summed E-state index contributed by atoms with van der Waals surface area (Å²) >= 11 is 17.7. The van der Waals surface area contributed by atoms with Crippen LogP contribution in [0.1, 0.15) is 10.4 Å². The smallest absolute Gasteiger partial charge is 0.336 e. The molecule has 0 saturated carbocycles. The lowest BCUT2D eigenvalue weighted by Crippen LogP contribution is -2.14. The Hall–Kier alpha value is -1.49. The number of aromatic carboxylic acids is 1. The Morgan fingerprint density at radius 3 is 2.42 bits per heavy atom. The maximum atomic E-state index is 11.8. The van der Waals surface area contributed by atoms with E-state index < -0.39 is 11.5 Å². The van der Waals surface area contributed by atoms with E-state index in [2.05, 4.69) is 4.98 Å². The zero-order chi connectivity index (χ0) is 14.2. The zero-order valence-corrected chi connectivity index (χ0v) is 11.5. The van der Waals surface area contributed by atoms with Gasteiger partial charge >= 0.3 is 5.97 Å². The molecule has 0 aliphatic carbocycles. The Bertz CT molecular complexity index is 725. The predicted molar refractivity (Wildman–Crippen MR) is 74.5 cm³/mol. The molecule has 4 nitrogen and oxygen atoms in total. The highest BCUT2D eigenvalue weighted by molar-refractivity contribution is 6.49. The van der Waals surface area contributed by atoms with Crippen LogP contribution in [-0.4, -0.2) is 16.1 Å². The molecule has 0 atom stereocenters. The molecule has 0 aliphatic heterocycles. The topological polar surface area (TPSA) is 70.2 Å². The number of nitrogens with one attached hydrogen (secondary N) is 1.